The maximum absolute atomic E-state index is 2.40. The molecule has 0 amide bonds. The zero-order chi connectivity index (χ0) is 13.7. The third kappa shape index (κ3) is 5.99. The van der Waals surface area contributed by atoms with Crippen LogP contribution in [0.4, 0.5) is 0 Å². The Bertz CT molecular complexity index is 287. The van der Waals surface area contributed by atoms with Crippen molar-refractivity contribution in [1.82, 2.24) is 4.90 Å². The van der Waals surface area contributed by atoms with Crippen LogP contribution in [0.3, 0.4) is 0 Å². The van der Waals surface area contributed by atoms with Crippen molar-refractivity contribution in [3.05, 3.63) is 22.2 Å². The Morgan fingerprint density at radius 3 is 1.61 bits per heavy atom. The lowest BCUT2D eigenvalue weighted by Crippen LogP contribution is -2.19. The van der Waals surface area contributed by atoms with Crippen LogP contribution >= 0.6 is 11.8 Å². The molecule has 0 saturated heterocycles. The van der Waals surface area contributed by atoms with Gasteiger partial charge in [-0.2, -0.15) is 0 Å². The summed E-state index contributed by atoms with van der Waals surface area (Å²) in [6, 6.07) is 0. The van der Waals surface area contributed by atoms with E-state index < -0.39 is 0 Å². The molecule has 0 spiro atoms. The largest absolute Gasteiger partial charge is 0.352 e. The van der Waals surface area contributed by atoms with Crippen LogP contribution in [0.2, 0.25) is 0 Å². The molecule has 0 atom stereocenters. The normalized spacial score (nSPS) is 16.6. The van der Waals surface area contributed by atoms with E-state index in [0.29, 0.717) is 5.92 Å². The summed E-state index contributed by atoms with van der Waals surface area (Å²) in [4.78, 5) is 5.46. The number of rotatable bonds is 6. The van der Waals surface area contributed by atoms with Gasteiger partial charge in [0.25, 0.3) is 0 Å². The molecule has 104 valence electrons. The molecule has 1 aliphatic rings. The van der Waals surface area contributed by atoms with Crippen LogP contribution in [0.5, 0.6) is 0 Å². The average Bonchev–Trinajstić information content (AvgIpc) is 2.12. The van der Waals surface area contributed by atoms with E-state index in [9.17, 15) is 0 Å². The van der Waals surface area contributed by atoms with Crippen LogP contribution in [0, 0.1) is 17.8 Å². The first-order valence-electron chi connectivity index (χ1n) is 7.21. The number of allylic oxidation sites excluding steroid dienone is 2. The fourth-order valence-corrected chi connectivity index (χ4v) is 3.70. The van der Waals surface area contributed by atoms with Gasteiger partial charge in [0.1, 0.15) is 0 Å². The highest BCUT2D eigenvalue weighted by Crippen LogP contribution is 2.37. The first-order chi connectivity index (χ1) is 8.36. The molecule has 0 aromatic rings. The first-order valence-corrected chi connectivity index (χ1v) is 8.03. The summed E-state index contributed by atoms with van der Waals surface area (Å²) >= 11 is 2.00. The van der Waals surface area contributed by atoms with Crippen LogP contribution in [-0.4, -0.2) is 11.4 Å². The zero-order valence-corrected chi connectivity index (χ0v) is 13.7. The molecule has 18 heavy (non-hydrogen) atoms. The van der Waals surface area contributed by atoms with Crippen molar-refractivity contribution in [3.63, 3.8) is 0 Å². The van der Waals surface area contributed by atoms with Crippen molar-refractivity contribution in [2.75, 3.05) is 6.54 Å². The van der Waals surface area contributed by atoms with Crippen molar-refractivity contribution in [2.24, 2.45) is 17.8 Å². The predicted octanol–water partition coefficient (Wildman–Crippen LogP) is 5.47. The maximum atomic E-state index is 2.40. The number of hydrogen-bond acceptors (Lipinski definition) is 2. The molecule has 0 bridgehead atoms. The van der Waals surface area contributed by atoms with Crippen molar-refractivity contribution < 1.29 is 0 Å². The lowest BCUT2D eigenvalue weighted by atomic mass is 10.1. The standard InChI is InChI=1S/C16H29NS/c1-12(2)7-15-10-17(9-14(5)6)11-16(18-15)8-13(3)4/h10-14H,7-9H2,1-6H3. The van der Waals surface area contributed by atoms with Gasteiger partial charge in [0.15, 0.2) is 0 Å². The van der Waals surface area contributed by atoms with Gasteiger partial charge in [-0.05, 0) is 30.6 Å². The number of hydrogen-bond donors (Lipinski definition) is 0. The van der Waals surface area contributed by atoms with Crippen LogP contribution in [0.25, 0.3) is 0 Å². The third-order valence-corrected chi connectivity index (χ3v) is 3.75. The van der Waals surface area contributed by atoms with Crippen molar-refractivity contribution in [3.8, 4) is 0 Å². The van der Waals surface area contributed by atoms with Gasteiger partial charge in [-0.1, -0.05) is 53.3 Å². The molecule has 1 heterocycles. The monoisotopic (exact) mass is 267 g/mol. The van der Waals surface area contributed by atoms with Crippen LogP contribution in [0.1, 0.15) is 54.4 Å². The SMILES string of the molecule is CC(C)CC1=CN(CC(C)C)C=C(CC(C)C)S1. The lowest BCUT2D eigenvalue weighted by Gasteiger charge is -2.27. The van der Waals surface area contributed by atoms with Crippen LogP contribution in [-0.2, 0) is 0 Å². The fourth-order valence-electron chi connectivity index (χ4n) is 2.15. The summed E-state index contributed by atoms with van der Waals surface area (Å²) in [7, 11) is 0. The molecular weight excluding hydrogens is 238 g/mol. The highest BCUT2D eigenvalue weighted by atomic mass is 32.2. The molecular formula is C16H29NS. The van der Waals surface area contributed by atoms with E-state index >= 15 is 0 Å². The topological polar surface area (TPSA) is 3.24 Å². The van der Waals surface area contributed by atoms with Gasteiger partial charge in [0, 0.05) is 28.8 Å². The Morgan fingerprint density at radius 1 is 0.833 bits per heavy atom. The van der Waals surface area contributed by atoms with E-state index in [1.807, 2.05) is 11.8 Å². The van der Waals surface area contributed by atoms with E-state index in [1.54, 1.807) is 0 Å². The summed E-state index contributed by atoms with van der Waals surface area (Å²) < 4.78 is 0. The van der Waals surface area contributed by atoms with Gasteiger partial charge in [-0.15, -0.1) is 0 Å². The molecule has 1 aliphatic heterocycles. The van der Waals surface area contributed by atoms with Gasteiger partial charge in [0.2, 0.25) is 0 Å². The Kier molecular flexibility index (Phi) is 6.34. The van der Waals surface area contributed by atoms with Crippen molar-refractivity contribution in [1.29, 1.82) is 0 Å². The minimum Gasteiger partial charge on any atom is -0.352 e. The second-order valence-corrected chi connectivity index (χ2v) is 7.83. The summed E-state index contributed by atoms with van der Waals surface area (Å²) in [6.07, 6.45) is 7.12. The molecule has 0 aliphatic carbocycles. The Labute approximate surface area is 118 Å². The van der Waals surface area contributed by atoms with Crippen LogP contribution in [0.15, 0.2) is 22.2 Å². The van der Waals surface area contributed by atoms with Gasteiger partial charge < -0.3 is 4.90 Å². The highest BCUT2D eigenvalue weighted by molar-refractivity contribution is 8.06. The van der Waals surface area contributed by atoms with E-state index in [0.717, 1.165) is 18.4 Å². The molecule has 0 saturated carbocycles. The minimum absolute atomic E-state index is 0.709. The van der Waals surface area contributed by atoms with Gasteiger partial charge >= 0.3 is 0 Å². The Balaban J connectivity index is 2.73. The zero-order valence-electron chi connectivity index (χ0n) is 12.9. The molecule has 0 aromatic heterocycles. The quantitative estimate of drug-likeness (QED) is 0.628. The average molecular weight is 267 g/mol. The highest BCUT2D eigenvalue weighted by Gasteiger charge is 2.15. The number of thioether (sulfide) groups is 1. The number of nitrogens with zero attached hydrogens (tertiary/aromatic N) is 1. The van der Waals surface area contributed by atoms with E-state index in [2.05, 4.69) is 58.8 Å². The fraction of sp³-hybridized carbons (Fsp3) is 0.750. The summed E-state index contributed by atoms with van der Waals surface area (Å²) in [6.45, 7) is 14.9. The minimum atomic E-state index is 0.709. The molecule has 0 unspecified atom stereocenters. The molecule has 1 nitrogen and oxygen atoms in total. The van der Waals surface area contributed by atoms with Gasteiger partial charge in [-0.3, -0.25) is 0 Å². The summed E-state index contributed by atoms with van der Waals surface area (Å²) in [5.41, 5.74) is 0. The second-order valence-electron chi connectivity index (χ2n) is 6.58. The summed E-state index contributed by atoms with van der Waals surface area (Å²) in [5, 5.41) is 0. The summed E-state index contributed by atoms with van der Waals surface area (Å²) in [5.74, 6) is 2.19. The molecule has 0 fully saturated rings. The molecule has 0 N–H and O–H groups in total. The third-order valence-electron chi connectivity index (χ3n) is 2.68. The molecule has 1 rings (SSSR count). The Hall–Kier alpha value is -0.370. The van der Waals surface area contributed by atoms with E-state index in [-0.39, 0.29) is 0 Å². The predicted molar refractivity (Wildman–Crippen MR) is 84.2 cm³/mol. The molecule has 2 heteroatoms. The van der Waals surface area contributed by atoms with Crippen molar-refractivity contribution >= 4 is 11.8 Å². The lowest BCUT2D eigenvalue weighted by molar-refractivity contribution is 0.417. The van der Waals surface area contributed by atoms with Gasteiger partial charge in [0.05, 0.1) is 0 Å². The van der Waals surface area contributed by atoms with Crippen molar-refractivity contribution in [2.45, 2.75) is 54.4 Å². The molecule has 0 aromatic carbocycles. The first kappa shape index (κ1) is 15.7. The molecule has 0 radical (unpaired) electrons. The smallest absolute Gasteiger partial charge is 0.0243 e. The van der Waals surface area contributed by atoms with Gasteiger partial charge in [-0.25, -0.2) is 0 Å². The van der Waals surface area contributed by atoms with Crippen LogP contribution < -0.4 is 0 Å². The van der Waals surface area contributed by atoms with E-state index in [4.69, 9.17) is 0 Å². The Morgan fingerprint density at radius 2 is 1.28 bits per heavy atom. The maximum Gasteiger partial charge on any atom is 0.0243 e. The van der Waals surface area contributed by atoms with E-state index in [1.165, 1.54) is 22.7 Å². The second kappa shape index (κ2) is 7.28.